The number of carbonyl (C=O) groups excluding carboxylic acids is 2. The first kappa shape index (κ1) is 25.5. The predicted molar refractivity (Wildman–Crippen MR) is 141 cm³/mol. The molecular formula is C29H36N4O3. The summed E-state index contributed by atoms with van der Waals surface area (Å²) in [6, 6.07) is 19.5. The van der Waals surface area contributed by atoms with Crippen LogP contribution in [0.1, 0.15) is 51.3 Å². The van der Waals surface area contributed by atoms with Gasteiger partial charge in [0, 0.05) is 30.5 Å². The van der Waals surface area contributed by atoms with E-state index in [2.05, 4.69) is 32.2 Å². The number of nitrogens with one attached hydrogen (secondary N) is 1. The van der Waals surface area contributed by atoms with Gasteiger partial charge in [-0.05, 0) is 49.6 Å². The van der Waals surface area contributed by atoms with Crippen LogP contribution in [0.15, 0.2) is 60.7 Å². The molecule has 2 heterocycles. The lowest BCUT2D eigenvalue weighted by molar-refractivity contribution is -0.135. The van der Waals surface area contributed by atoms with Gasteiger partial charge >= 0.3 is 0 Å². The lowest BCUT2D eigenvalue weighted by atomic mass is 9.92. The van der Waals surface area contributed by atoms with Crippen molar-refractivity contribution in [2.75, 3.05) is 25.0 Å². The predicted octanol–water partition coefficient (Wildman–Crippen LogP) is 5.12. The molecule has 1 N–H and O–H groups in total. The van der Waals surface area contributed by atoms with Crippen molar-refractivity contribution in [3.63, 3.8) is 0 Å². The molecule has 0 saturated carbocycles. The van der Waals surface area contributed by atoms with Crippen molar-refractivity contribution in [1.29, 1.82) is 0 Å². The number of aryl methyl sites for hydroxylation is 1. The van der Waals surface area contributed by atoms with Crippen LogP contribution in [0.25, 0.3) is 5.69 Å². The molecule has 2 aromatic carbocycles. The van der Waals surface area contributed by atoms with Crippen LogP contribution in [0.3, 0.4) is 0 Å². The molecule has 0 radical (unpaired) electrons. The zero-order valence-electron chi connectivity index (χ0n) is 21.7. The van der Waals surface area contributed by atoms with E-state index in [-0.39, 0.29) is 23.1 Å². The van der Waals surface area contributed by atoms with Crippen LogP contribution < -0.4 is 10.1 Å². The zero-order chi connectivity index (χ0) is 25.7. The van der Waals surface area contributed by atoms with Gasteiger partial charge in [-0.1, -0.05) is 51.1 Å². The summed E-state index contributed by atoms with van der Waals surface area (Å²) in [5, 5.41) is 7.94. The summed E-state index contributed by atoms with van der Waals surface area (Å²) in [6.07, 6.45) is 1.61. The van der Waals surface area contributed by atoms with Crippen molar-refractivity contribution in [3.8, 4) is 11.4 Å². The van der Waals surface area contributed by atoms with Gasteiger partial charge in [-0.25, -0.2) is 4.68 Å². The molecule has 1 aliphatic heterocycles. The van der Waals surface area contributed by atoms with Crippen LogP contribution in [0, 0.1) is 12.8 Å². The number of rotatable bonds is 7. The SMILES string of the molecule is Cc1cccc(-n2nc(C(C)(C)C)cc2NC(=O)C2CCN(C(=O)CCOc3ccccc3)CC2)c1. The molecule has 1 aromatic heterocycles. The quantitative estimate of drug-likeness (QED) is 0.501. The van der Waals surface area contributed by atoms with E-state index in [4.69, 9.17) is 9.84 Å². The molecule has 0 unspecified atom stereocenters. The van der Waals surface area contributed by atoms with Crippen LogP contribution in [-0.4, -0.2) is 46.2 Å². The Balaban J connectivity index is 1.35. The molecule has 0 atom stereocenters. The topological polar surface area (TPSA) is 76.5 Å². The fourth-order valence-corrected chi connectivity index (χ4v) is 4.34. The number of nitrogens with zero attached hydrogens (tertiary/aromatic N) is 3. The fourth-order valence-electron chi connectivity index (χ4n) is 4.34. The second-order valence-corrected chi connectivity index (χ2v) is 10.5. The summed E-state index contributed by atoms with van der Waals surface area (Å²) in [6.45, 7) is 9.87. The molecule has 2 amide bonds. The number of anilines is 1. The highest BCUT2D eigenvalue weighted by Gasteiger charge is 2.29. The molecule has 0 aliphatic carbocycles. The third-order valence-corrected chi connectivity index (χ3v) is 6.52. The largest absolute Gasteiger partial charge is 0.493 e. The molecule has 36 heavy (non-hydrogen) atoms. The van der Waals surface area contributed by atoms with Gasteiger partial charge in [-0.2, -0.15) is 5.10 Å². The van der Waals surface area contributed by atoms with Gasteiger partial charge in [0.1, 0.15) is 11.6 Å². The van der Waals surface area contributed by atoms with Gasteiger partial charge < -0.3 is 15.0 Å². The minimum atomic E-state index is -0.148. The highest BCUT2D eigenvalue weighted by atomic mass is 16.5. The Labute approximate surface area is 213 Å². The number of aromatic nitrogens is 2. The van der Waals surface area contributed by atoms with E-state index in [1.807, 2.05) is 71.1 Å². The second-order valence-electron chi connectivity index (χ2n) is 10.5. The lowest BCUT2D eigenvalue weighted by Gasteiger charge is -2.31. The van der Waals surface area contributed by atoms with Crippen molar-refractivity contribution in [2.45, 2.75) is 52.4 Å². The van der Waals surface area contributed by atoms with Crippen LogP contribution in [-0.2, 0) is 15.0 Å². The molecule has 1 fully saturated rings. The van der Waals surface area contributed by atoms with Crippen LogP contribution in [0.4, 0.5) is 5.82 Å². The third kappa shape index (κ3) is 6.33. The molecule has 3 aromatic rings. The van der Waals surface area contributed by atoms with E-state index in [9.17, 15) is 9.59 Å². The number of hydrogen-bond donors (Lipinski definition) is 1. The van der Waals surface area contributed by atoms with Gasteiger partial charge in [0.25, 0.3) is 0 Å². The first-order valence-corrected chi connectivity index (χ1v) is 12.6. The molecule has 4 rings (SSSR count). The highest BCUT2D eigenvalue weighted by Crippen LogP contribution is 2.28. The Kier molecular flexibility index (Phi) is 7.77. The van der Waals surface area contributed by atoms with Gasteiger partial charge in [0.15, 0.2) is 0 Å². The maximum Gasteiger partial charge on any atom is 0.228 e. The van der Waals surface area contributed by atoms with Crippen LogP contribution in [0.2, 0.25) is 0 Å². The lowest BCUT2D eigenvalue weighted by Crippen LogP contribution is -2.42. The molecule has 0 spiro atoms. The van der Waals surface area contributed by atoms with E-state index in [1.54, 1.807) is 0 Å². The first-order valence-electron chi connectivity index (χ1n) is 12.6. The van der Waals surface area contributed by atoms with Crippen molar-refractivity contribution >= 4 is 17.6 Å². The number of piperidine rings is 1. The van der Waals surface area contributed by atoms with Crippen molar-refractivity contribution < 1.29 is 14.3 Å². The molecule has 190 valence electrons. The molecule has 7 heteroatoms. The zero-order valence-corrected chi connectivity index (χ0v) is 21.7. The number of amides is 2. The van der Waals surface area contributed by atoms with E-state index >= 15 is 0 Å². The standard InChI is InChI=1S/C29H36N4O3/c1-21-9-8-10-23(19-21)33-26(20-25(31-33)29(2,3)4)30-28(35)22-13-16-32(17-14-22)27(34)15-18-36-24-11-6-5-7-12-24/h5-12,19-20,22H,13-18H2,1-4H3,(H,30,35). The Morgan fingerprint density at radius 3 is 2.42 bits per heavy atom. The maximum atomic E-state index is 13.2. The van der Waals surface area contributed by atoms with Gasteiger partial charge in [-0.15, -0.1) is 0 Å². The number of carbonyl (C=O) groups is 2. The average molecular weight is 489 g/mol. The van der Waals surface area contributed by atoms with E-state index < -0.39 is 0 Å². The van der Waals surface area contributed by atoms with Gasteiger partial charge in [0.2, 0.25) is 11.8 Å². The molecule has 1 saturated heterocycles. The van der Waals surface area contributed by atoms with Crippen molar-refractivity contribution in [3.05, 3.63) is 71.9 Å². The summed E-state index contributed by atoms with van der Waals surface area (Å²) in [4.78, 5) is 27.7. The van der Waals surface area contributed by atoms with Crippen molar-refractivity contribution in [1.82, 2.24) is 14.7 Å². The molecule has 1 aliphatic rings. The molecular weight excluding hydrogens is 452 g/mol. The van der Waals surface area contributed by atoms with Crippen LogP contribution in [0.5, 0.6) is 5.75 Å². The summed E-state index contributed by atoms with van der Waals surface area (Å²) in [7, 11) is 0. The third-order valence-electron chi connectivity index (χ3n) is 6.52. The van der Waals surface area contributed by atoms with Crippen molar-refractivity contribution in [2.24, 2.45) is 5.92 Å². The second kappa shape index (κ2) is 11.0. The van der Waals surface area contributed by atoms with Gasteiger partial charge in [-0.3, -0.25) is 9.59 Å². The number of likely N-dealkylation sites (tertiary alicyclic amines) is 1. The smallest absolute Gasteiger partial charge is 0.228 e. The van der Waals surface area contributed by atoms with E-state index in [0.29, 0.717) is 44.8 Å². The Morgan fingerprint density at radius 1 is 1.03 bits per heavy atom. The van der Waals surface area contributed by atoms with Gasteiger partial charge in [0.05, 0.1) is 24.4 Å². The normalized spacial score (nSPS) is 14.5. The minimum Gasteiger partial charge on any atom is -0.493 e. The number of ether oxygens (including phenoxy) is 1. The Hall–Kier alpha value is -3.61. The summed E-state index contributed by atoms with van der Waals surface area (Å²) >= 11 is 0. The summed E-state index contributed by atoms with van der Waals surface area (Å²) in [5.41, 5.74) is 2.81. The number of para-hydroxylation sites is 1. The van der Waals surface area contributed by atoms with E-state index in [1.165, 1.54) is 0 Å². The number of benzene rings is 2. The molecule has 7 nitrogen and oxygen atoms in total. The first-order chi connectivity index (χ1) is 17.2. The Bertz CT molecular complexity index is 1190. The summed E-state index contributed by atoms with van der Waals surface area (Å²) < 4.78 is 7.47. The monoisotopic (exact) mass is 488 g/mol. The minimum absolute atomic E-state index is 0.0243. The average Bonchev–Trinajstić information content (AvgIpc) is 3.29. The molecule has 0 bridgehead atoms. The number of hydrogen-bond acceptors (Lipinski definition) is 4. The summed E-state index contributed by atoms with van der Waals surface area (Å²) in [5.74, 6) is 1.33. The fraction of sp³-hybridized carbons (Fsp3) is 0.414. The van der Waals surface area contributed by atoms with E-state index in [0.717, 1.165) is 22.7 Å². The Morgan fingerprint density at radius 2 is 1.75 bits per heavy atom. The maximum absolute atomic E-state index is 13.2. The highest BCUT2D eigenvalue weighted by molar-refractivity contribution is 5.92. The van der Waals surface area contributed by atoms with Crippen LogP contribution >= 0.6 is 0 Å².